The van der Waals surface area contributed by atoms with E-state index >= 15 is 0 Å². The Balaban J connectivity index is 2.22. The van der Waals surface area contributed by atoms with Gasteiger partial charge in [-0.15, -0.1) is 0 Å². The van der Waals surface area contributed by atoms with Crippen molar-refractivity contribution in [2.45, 2.75) is 12.8 Å². The first kappa shape index (κ1) is 11.5. The van der Waals surface area contributed by atoms with Gasteiger partial charge in [-0.05, 0) is 40.9 Å². The van der Waals surface area contributed by atoms with Gasteiger partial charge in [0, 0.05) is 6.54 Å². The van der Waals surface area contributed by atoms with Crippen LogP contribution >= 0.6 is 15.9 Å². The molecule has 0 radical (unpaired) electrons. The first-order valence-corrected chi connectivity index (χ1v) is 5.88. The van der Waals surface area contributed by atoms with Crippen LogP contribution in [0, 0.1) is 5.82 Å². The highest BCUT2D eigenvalue weighted by Crippen LogP contribution is 2.21. The molecule has 0 atom stereocenters. The Kier molecular flexibility index (Phi) is 3.56. The molecule has 0 unspecified atom stereocenters. The summed E-state index contributed by atoms with van der Waals surface area (Å²) < 4.78 is 13.9. The minimum Gasteiger partial charge on any atom is -0.271 e. The van der Waals surface area contributed by atoms with Crippen LogP contribution in [0.15, 0.2) is 22.7 Å². The number of nitrogens with zero attached hydrogens (tertiary/aromatic N) is 1. The molecule has 0 aliphatic carbocycles. The van der Waals surface area contributed by atoms with Crippen LogP contribution < -0.4 is 0 Å². The van der Waals surface area contributed by atoms with E-state index in [2.05, 4.69) is 15.9 Å². The van der Waals surface area contributed by atoms with Gasteiger partial charge in [-0.25, -0.2) is 9.45 Å². The number of hydroxylamine groups is 2. The van der Waals surface area contributed by atoms with E-state index in [1.54, 1.807) is 12.1 Å². The quantitative estimate of drug-likeness (QED) is 0.795. The van der Waals surface area contributed by atoms with Gasteiger partial charge in [0.25, 0.3) is 5.91 Å². The number of benzene rings is 1. The molecule has 0 bridgehead atoms. The van der Waals surface area contributed by atoms with Gasteiger partial charge in [0.1, 0.15) is 5.82 Å². The molecule has 0 aromatic heterocycles. The van der Waals surface area contributed by atoms with Crippen LogP contribution in [-0.2, 0) is 4.84 Å². The number of amides is 1. The zero-order valence-electron chi connectivity index (χ0n) is 8.58. The second kappa shape index (κ2) is 4.93. The smallest absolute Gasteiger partial charge is 0.271 e. The van der Waals surface area contributed by atoms with Crippen molar-refractivity contribution in [3.8, 4) is 0 Å². The maximum absolute atomic E-state index is 13.7. The number of carbonyl (C=O) groups is 1. The van der Waals surface area contributed by atoms with Crippen LogP contribution in [-0.4, -0.2) is 24.1 Å². The average Bonchev–Trinajstić information content (AvgIpc) is 2.33. The maximum atomic E-state index is 13.7. The Hall–Kier alpha value is -0.940. The van der Waals surface area contributed by atoms with E-state index in [-0.39, 0.29) is 10.0 Å². The van der Waals surface area contributed by atoms with Crippen LogP contribution in [0.3, 0.4) is 0 Å². The molecule has 3 nitrogen and oxygen atoms in total. The molecule has 1 amide bonds. The van der Waals surface area contributed by atoms with Gasteiger partial charge < -0.3 is 0 Å². The van der Waals surface area contributed by atoms with Crippen molar-refractivity contribution in [3.63, 3.8) is 0 Å². The Morgan fingerprint density at radius 3 is 2.94 bits per heavy atom. The van der Waals surface area contributed by atoms with Crippen molar-refractivity contribution in [1.29, 1.82) is 0 Å². The number of rotatable bonds is 1. The molecule has 1 heterocycles. The van der Waals surface area contributed by atoms with Crippen LogP contribution in [0.2, 0.25) is 0 Å². The van der Waals surface area contributed by atoms with E-state index in [1.807, 2.05) is 0 Å². The van der Waals surface area contributed by atoms with E-state index < -0.39 is 11.7 Å². The summed E-state index contributed by atoms with van der Waals surface area (Å²) in [5, 5.41) is 1.23. The van der Waals surface area contributed by atoms with E-state index in [4.69, 9.17) is 4.84 Å². The second-order valence-corrected chi connectivity index (χ2v) is 4.40. The lowest BCUT2D eigenvalue weighted by Gasteiger charge is -2.26. The summed E-state index contributed by atoms with van der Waals surface area (Å²) in [6.45, 7) is 1.03. The minimum atomic E-state index is -0.540. The Morgan fingerprint density at radius 1 is 1.44 bits per heavy atom. The standard InChI is InChI=1S/C11H11BrFNO2/c12-9-5-3-4-8(10(9)13)11(15)14-6-1-2-7-16-14/h3-5H,1-2,6-7H2. The molecule has 0 N–H and O–H groups in total. The van der Waals surface area contributed by atoms with Gasteiger partial charge >= 0.3 is 0 Å². The molecular formula is C11H11BrFNO2. The fourth-order valence-electron chi connectivity index (χ4n) is 1.56. The third-order valence-electron chi connectivity index (χ3n) is 2.41. The van der Waals surface area contributed by atoms with Crippen molar-refractivity contribution in [3.05, 3.63) is 34.1 Å². The van der Waals surface area contributed by atoms with E-state index in [9.17, 15) is 9.18 Å². The summed E-state index contributed by atoms with van der Waals surface area (Å²) in [7, 11) is 0. The van der Waals surface area contributed by atoms with E-state index in [0.717, 1.165) is 12.8 Å². The van der Waals surface area contributed by atoms with Crippen molar-refractivity contribution in [2.24, 2.45) is 0 Å². The van der Waals surface area contributed by atoms with Crippen LogP contribution in [0.4, 0.5) is 4.39 Å². The van der Waals surface area contributed by atoms with E-state index in [1.165, 1.54) is 11.1 Å². The summed E-state index contributed by atoms with van der Waals surface area (Å²) >= 11 is 3.05. The molecule has 1 aliphatic rings. The Labute approximate surface area is 101 Å². The highest BCUT2D eigenvalue weighted by molar-refractivity contribution is 9.10. The van der Waals surface area contributed by atoms with Gasteiger partial charge in [0.2, 0.25) is 0 Å². The lowest BCUT2D eigenvalue weighted by atomic mass is 10.2. The van der Waals surface area contributed by atoms with Gasteiger partial charge in [-0.2, -0.15) is 0 Å². The third-order valence-corrected chi connectivity index (χ3v) is 3.02. The lowest BCUT2D eigenvalue weighted by molar-refractivity contribution is -0.144. The molecule has 2 rings (SSSR count). The molecule has 16 heavy (non-hydrogen) atoms. The molecule has 86 valence electrons. The molecular weight excluding hydrogens is 277 g/mol. The number of halogens is 2. The highest BCUT2D eigenvalue weighted by atomic mass is 79.9. The summed E-state index contributed by atoms with van der Waals surface area (Å²) in [6, 6.07) is 4.65. The lowest BCUT2D eigenvalue weighted by Crippen LogP contribution is -2.36. The molecule has 0 spiro atoms. The van der Waals surface area contributed by atoms with Crippen molar-refractivity contribution < 1.29 is 14.0 Å². The van der Waals surface area contributed by atoms with Gasteiger partial charge in [0.05, 0.1) is 16.6 Å². The molecule has 5 heteroatoms. The fourth-order valence-corrected chi connectivity index (χ4v) is 1.93. The zero-order chi connectivity index (χ0) is 11.5. The SMILES string of the molecule is O=C(c1cccc(Br)c1F)N1CCCCO1. The van der Waals surface area contributed by atoms with Gasteiger partial charge in [0.15, 0.2) is 0 Å². The number of hydrogen-bond donors (Lipinski definition) is 0. The van der Waals surface area contributed by atoms with Crippen molar-refractivity contribution in [2.75, 3.05) is 13.2 Å². The normalized spacial score (nSPS) is 16.2. The summed E-state index contributed by atoms with van der Waals surface area (Å²) in [5.74, 6) is -0.958. The largest absolute Gasteiger partial charge is 0.280 e. The topological polar surface area (TPSA) is 29.5 Å². The van der Waals surface area contributed by atoms with Gasteiger partial charge in [-0.1, -0.05) is 6.07 Å². The number of hydrogen-bond acceptors (Lipinski definition) is 2. The predicted octanol–water partition coefficient (Wildman–Crippen LogP) is 2.76. The molecule has 1 aromatic carbocycles. The molecule has 1 aromatic rings. The van der Waals surface area contributed by atoms with E-state index in [0.29, 0.717) is 13.2 Å². The molecule has 0 saturated carbocycles. The van der Waals surface area contributed by atoms with Crippen LogP contribution in [0.25, 0.3) is 0 Å². The highest BCUT2D eigenvalue weighted by Gasteiger charge is 2.22. The van der Waals surface area contributed by atoms with Crippen LogP contribution in [0.1, 0.15) is 23.2 Å². The third kappa shape index (κ3) is 2.25. The maximum Gasteiger partial charge on any atom is 0.280 e. The second-order valence-electron chi connectivity index (χ2n) is 3.55. The Bertz CT molecular complexity index is 405. The fraction of sp³-hybridized carbons (Fsp3) is 0.364. The average molecular weight is 288 g/mol. The van der Waals surface area contributed by atoms with Crippen LogP contribution in [0.5, 0.6) is 0 Å². The zero-order valence-corrected chi connectivity index (χ0v) is 10.2. The number of carbonyl (C=O) groups excluding carboxylic acids is 1. The van der Waals surface area contributed by atoms with Crippen molar-refractivity contribution in [1.82, 2.24) is 5.06 Å². The van der Waals surface area contributed by atoms with Crippen molar-refractivity contribution >= 4 is 21.8 Å². The molecule has 1 aliphatic heterocycles. The Morgan fingerprint density at radius 2 is 2.25 bits per heavy atom. The molecule has 1 fully saturated rings. The monoisotopic (exact) mass is 287 g/mol. The summed E-state index contributed by atoms with van der Waals surface area (Å²) in [4.78, 5) is 17.1. The predicted molar refractivity (Wildman–Crippen MR) is 60.3 cm³/mol. The summed E-state index contributed by atoms with van der Waals surface area (Å²) in [6.07, 6.45) is 1.83. The summed E-state index contributed by atoms with van der Waals surface area (Å²) in [5.41, 5.74) is 0.0382. The first-order chi connectivity index (χ1) is 7.70. The molecule has 1 saturated heterocycles. The van der Waals surface area contributed by atoms with Gasteiger partial charge in [-0.3, -0.25) is 9.63 Å². The minimum absolute atomic E-state index is 0.0382. The first-order valence-electron chi connectivity index (χ1n) is 5.09.